The summed E-state index contributed by atoms with van der Waals surface area (Å²) in [5.41, 5.74) is 4.11. The zero-order valence-corrected chi connectivity index (χ0v) is 15.6. The van der Waals surface area contributed by atoms with Crippen molar-refractivity contribution in [3.05, 3.63) is 34.8 Å². The average Bonchev–Trinajstić information content (AvgIpc) is 3.07. The molecule has 0 aliphatic rings. The molecule has 0 amide bonds. The van der Waals surface area contributed by atoms with Crippen molar-refractivity contribution in [3.63, 3.8) is 0 Å². The Morgan fingerprint density at radius 3 is 2.89 bits per heavy atom. The second-order valence-corrected chi connectivity index (χ2v) is 5.95. The molecule has 2 N–H and O–H groups in total. The molecule has 0 bridgehead atoms. The standard InChI is InChI=1S/C17H19N3O6S/c1-3-25-16(23)7-12-10-27-17(19-12)20-18-8-11-4-5-13(14(6-11)24-2)26-9-15(21)22/h4-6,8,10H,3,7,9H2,1-2H3,(H,19,20)(H,21,22). The first-order valence-corrected chi connectivity index (χ1v) is 8.81. The molecule has 0 saturated carbocycles. The Labute approximate surface area is 159 Å². The maximum atomic E-state index is 11.4. The van der Waals surface area contributed by atoms with Gasteiger partial charge in [-0.3, -0.25) is 10.2 Å². The number of carboxylic acid groups (broad SMARTS) is 1. The molecule has 2 rings (SSSR count). The van der Waals surface area contributed by atoms with Gasteiger partial charge >= 0.3 is 11.9 Å². The average molecular weight is 393 g/mol. The Hall–Kier alpha value is -3.14. The Bertz CT molecular complexity index is 821. The molecule has 144 valence electrons. The first-order valence-electron chi connectivity index (χ1n) is 7.93. The van der Waals surface area contributed by atoms with Crippen LogP contribution >= 0.6 is 11.3 Å². The van der Waals surface area contributed by atoms with Crippen LogP contribution in [0.3, 0.4) is 0 Å². The summed E-state index contributed by atoms with van der Waals surface area (Å²) < 4.78 is 15.2. The van der Waals surface area contributed by atoms with E-state index in [0.29, 0.717) is 34.5 Å². The molecule has 0 spiro atoms. The number of carbonyl (C=O) groups excluding carboxylic acids is 1. The van der Waals surface area contributed by atoms with Gasteiger partial charge in [0, 0.05) is 5.38 Å². The quantitative estimate of drug-likeness (QED) is 0.358. The van der Waals surface area contributed by atoms with E-state index in [1.807, 2.05) is 0 Å². The van der Waals surface area contributed by atoms with Gasteiger partial charge in [-0.05, 0) is 30.7 Å². The Balaban J connectivity index is 1.95. The van der Waals surface area contributed by atoms with Crippen LogP contribution < -0.4 is 14.9 Å². The highest BCUT2D eigenvalue weighted by molar-refractivity contribution is 7.13. The highest BCUT2D eigenvalue weighted by Crippen LogP contribution is 2.27. The smallest absolute Gasteiger partial charge is 0.341 e. The maximum absolute atomic E-state index is 11.4. The number of carboxylic acids is 1. The monoisotopic (exact) mass is 393 g/mol. The number of methoxy groups -OCH3 is 1. The fourth-order valence-electron chi connectivity index (χ4n) is 1.98. The maximum Gasteiger partial charge on any atom is 0.341 e. The van der Waals surface area contributed by atoms with E-state index in [4.69, 9.17) is 19.3 Å². The molecule has 27 heavy (non-hydrogen) atoms. The van der Waals surface area contributed by atoms with E-state index < -0.39 is 12.6 Å². The highest BCUT2D eigenvalue weighted by Gasteiger charge is 2.09. The number of rotatable bonds is 10. The number of hydrogen-bond donors (Lipinski definition) is 2. The summed E-state index contributed by atoms with van der Waals surface area (Å²) in [6.07, 6.45) is 1.67. The van der Waals surface area contributed by atoms with E-state index in [1.165, 1.54) is 18.4 Å². The lowest BCUT2D eigenvalue weighted by Crippen LogP contribution is -2.10. The van der Waals surface area contributed by atoms with Crippen molar-refractivity contribution in [1.82, 2.24) is 4.98 Å². The number of hydrazone groups is 1. The van der Waals surface area contributed by atoms with Crippen LogP contribution in [0.5, 0.6) is 11.5 Å². The normalized spacial score (nSPS) is 10.6. The van der Waals surface area contributed by atoms with Gasteiger partial charge in [0.05, 0.1) is 32.0 Å². The zero-order chi connectivity index (χ0) is 19.6. The van der Waals surface area contributed by atoms with Crippen LogP contribution in [0.2, 0.25) is 0 Å². The summed E-state index contributed by atoms with van der Waals surface area (Å²) in [7, 11) is 1.46. The van der Waals surface area contributed by atoms with E-state index in [-0.39, 0.29) is 12.4 Å². The largest absolute Gasteiger partial charge is 0.493 e. The van der Waals surface area contributed by atoms with Crippen molar-refractivity contribution in [3.8, 4) is 11.5 Å². The van der Waals surface area contributed by atoms with Crippen LogP contribution in [0.1, 0.15) is 18.2 Å². The molecule has 1 aromatic carbocycles. The summed E-state index contributed by atoms with van der Waals surface area (Å²) in [4.78, 5) is 26.3. The first kappa shape index (κ1) is 20.2. The lowest BCUT2D eigenvalue weighted by atomic mass is 10.2. The summed E-state index contributed by atoms with van der Waals surface area (Å²) in [6.45, 7) is 1.63. The summed E-state index contributed by atoms with van der Waals surface area (Å²) in [5, 5.41) is 15.1. The fraction of sp³-hybridized carbons (Fsp3) is 0.294. The minimum absolute atomic E-state index is 0.116. The summed E-state index contributed by atoms with van der Waals surface area (Å²) in [6, 6.07) is 4.97. The van der Waals surface area contributed by atoms with Crippen LogP contribution in [0.4, 0.5) is 5.13 Å². The molecule has 0 radical (unpaired) electrons. The van der Waals surface area contributed by atoms with Crippen molar-refractivity contribution >= 4 is 34.6 Å². The third-order valence-electron chi connectivity index (χ3n) is 3.10. The number of ether oxygens (including phenoxy) is 3. The summed E-state index contributed by atoms with van der Waals surface area (Å²) >= 11 is 1.32. The number of thiazole rings is 1. The molecule has 1 heterocycles. The molecule has 10 heteroatoms. The lowest BCUT2D eigenvalue weighted by Gasteiger charge is -2.09. The van der Waals surface area contributed by atoms with Crippen molar-refractivity contribution in [2.45, 2.75) is 13.3 Å². The van der Waals surface area contributed by atoms with Crippen LogP contribution in [0.15, 0.2) is 28.7 Å². The fourth-order valence-corrected chi connectivity index (χ4v) is 2.64. The van der Waals surface area contributed by atoms with Crippen molar-refractivity contribution in [1.29, 1.82) is 0 Å². The Kier molecular flexibility index (Phi) is 7.56. The summed E-state index contributed by atoms with van der Waals surface area (Å²) in [5.74, 6) is -0.674. The zero-order valence-electron chi connectivity index (χ0n) is 14.8. The van der Waals surface area contributed by atoms with Crippen molar-refractivity contribution < 1.29 is 28.9 Å². The van der Waals surface area contributed by atoms with Gasteiger partial charge in [-0.15, -0.1) is 11.3 Å². The number of esters is 1. The number of nitrogens with zero attached hydrogens (tertiary/aromatic N) is 2. The van der Waals surface area contributed by atoms with Gasteiger partial charge in [-0.2, -0.15) is 5.10 Å². The molecule has 2 aromatic rings. The van der Waals surface area contributed by atoms with Gasteiger partial charge in [0.1, 0.15) is 0 Å². The van der Waals surface area contributed by atoms with E-state index in [0.717, 1.165) is 0 Å². The van der Waals surface area contributed by atoms with Crippen LogP contribution in [0.25, 0.3) is 0 Å². The molecule has 0 aliphatic heterocycles. The predicted molar refractivity (Wildman–Crippen MR) is 99.8 cm³/mol. The van der Waals surface area contributed by atoms with Gasteiger partial charge in [0.25, 0.3) is 0 Å². The molecular formula is C17H19N3O6S. The third kappa shape index (κ3) is 6.59. The number of hydrogen-bond acceptors (Lipinski definition) is 9. The van der Waals surface area contributed by atoms with Crippen LogP contribution in [-0.2, 0) is 20.7 Å². The van der Waals surface area contributed by atoms with E-state index >= 15 is 0 Å². The van der Waals surface area contributed by atoms with Crippen LogP contribution in [0, 0.1) is 0 Å². The SMILES string of the molecule is CCOC(=O)Cc1csc(NN=Cc2ccc(OCC(=O)O)c(OC)c2)n1. The molecular weight excluding hydrogens is 374 g/mol. The molecule has 1 aromatic heterocycles. The number of benzene rings is 1. The minimum Gasteiger partial charge on any atom is -0.493 e. The molecule has 0 saturated heterocycles. The number of carbonyl (C=O) groups is 2. The van der Waals surface area contributed by atoms with Crippen molar-refractivity contribution in [2.75, 3.05) is 25.7 Å². The van der Waals surface area contributed by atoms with Gasteiger partial charge < -0.3 is 19.3 Å². The van der Waals surface area contributed by atoms with Gasteiger partial charge in [0.15, 0.2) is 18.1 Å². The number of aliphatic carboxylic acids is 1. The number of nitrogens with one attached hydrogen (secondary N) is 1. The number of aromatic nitrogens is 1. The molecule has 0 fully saturated rings. The molecule has 0 aliphatic carbocycles. The first-order chi connectivity index (χ1) is 13.0. The minimum atomic E-state index is -1.07. The molecule has 9 nitrogen and oxygen atoms in total. The van der Waals surface area contributed by atoms with Gasteiger partial charge in [-0.25, -0.2) is 9.78 Å². The van der Waals surface area contributed by atoms with Gasteiger partial charge in [-0.1, -0.05) is 0 Å². The second kappa shape index (κ2) is 10.1. The second-order valence-electron chi connectivity index (χ2n) is 5.09. The predicted octanol–water partition coefficient (Wildman–Crippen LogP) is 2.17. The number of anilines is 1. The van der Waals surface area contributed by atoms with E-state index in [1.54, 1.807) is 36.7 Å². The van der Waals surface area contributed by atoms with Crippen LogP contribution in [-0.4, -0.2) is 48.6 Å². The third-order valence-corrected chi connectivity index (χ3v) is 3.89. The van der Waals surface area contributed by atoms with E-state index in [2.05, 4.69) is 15.5 Å². The highest BCUT2D eigenvalue weighted by atomic mass is 32.1. The lowest BCUT2D eigenvalue weighted by molar-refractivity contribution is -0.142. The Morgan fingerprint density at radius 2 is 2.19 bits per heavy atom. The topological polar surface area (TPSA) is 119 Å². The Morgan fingerprint density at radius 1 is 1.37 bits per heavy atom. The van der Waals surface area contributed by atoms with Crippen molar-refractivity contribution in [2.24, 2.45) is 5.10 Å². The van der Waals surface area contributed by atoms with Gasteiger partial charge in [0.2, 0.25) is 5.13 Å². The van der Waals surface area contributed by atoms with E-state index in [9.17, 15) is 9.59 Å². The molecule has 0 atom stereocenters. The molecule has 0 unspecified atom stereocenters.